The summed E-state index contributed by atoms with van der Waals surface area (Å²) >= 11 is 0. The summed E-state index contributed by atoms with van der Waals surface area (Å²) in [5.41, 5.74) is 9.40. The van der Waals surface area contributed by atoms with E-state index < -0.39 is 0 Å². The van der Waals surface area contributed by atoms with Gasteiger partial charge in [0, 0.05) is 17.6 Å². The Morgan fingerprint density at radius 3 is 2.53 bits per heavy atom. The van der Waals surface area contributed by atoms with Gasteiger partial charge >= 0.3 is 0 Å². The van der Waals surface area contributed by atoms with Crippen LogP contribution in [0.5, 0.6) is 11.5 Å². The molecule has 0 amide bonds. The highest BCUT2D eigenvalue weighted by Crippen LogP contribution is 2.32. The molecule has 0 aliphatic carbocycles. The van der Waals surface area contributed by atoms with Crippen molar-refractivity contribution in [3.63, 3.8) is 0 Å². The highest BCUT2D eigenvalue weighted by molar-refractivity contribution is 5.89. The second-order valence-corrected chi connectivity index (χ2v) is 8.86. The number of nitrogens with two attached hydrogens (primary N) is 1. The molecule has 1 heterocycles. The number of ether oxygens (including phenoxy) is 1. The number of hydrogen-bond donors (Lipinski definition) is 2. The topological polar surface area (TPSA) is 77.5 Å². The van der Waals surface area contributed by atoms with Crippen molar-refractivity contribution in [2.75, 3.05) is 12.3 Å². The van der Waals surface area contributed by atoms with Crippen molar-refractivity contribution in [1.29, 1.82) is 0 Å². The average Bonchev–Trinajstić information content (AvgIpc) is 2.74. The van der Waals surface area contributed by atoms with Crippen molar-refractivity contribution in [3.05, 3.63) is 51.9 Å². The highest BCUT2D eigenvalue weighted by atomic mass is 16.5. The van der Waals surface area contributed by atoms with Crippen LogP contribution in [0.1, 0.15) is 79.1 Å². The lowest BCUT2D eigenvalue weighted by Crippen LogP contribution is -2.23. The Hall–Kier alpha value is -2.69. The molecule has 0 aliphatic heterocycles. The number of allylic oxidation sites excluding steroid dienone is 3. The SMILES string of the molecule is CCCCCCCCn1c(=O)c(OCC=C(C)CCC=C(C)C)c(O)c2ccc(N)cc21. The molecular formula is C27H40N2O3. The second-order valence-electron chi connectivity index (χ2n) is 8.86. The number of rotatable bonds is 13. The maximum absolute atomic E-state index is 13.2. The van der Waals surface area contributed by atoms with Gasteiger partial charge in [0.2, 0.25) is 5.75 Å². The lowest BCUT2D eigenvalue weighted by molar-refractivity contribution is 0.328. The van der Waals surface area contributed by atoms with Crippen LogP contribution in [0.3, 0.4) is 0 Å². The first-order chi connectivity index (χ1) is 15.3. The van der Waals surface area contributed by atoms with Gasteiger partial charge in [-0.3, -0.25) is 4.79 Å². The van der Waals surface area contributed by atoms with E-state index in [1.165, 1.54) is 36.8 Å². The summed E-state index contributed by atoms with van der Waals surface area (Å²) in [4.78, 5) is 13.2. The Labute approximate surface area is 192 Å². The smallest absolute Gasteiger partial charge is 0.297 e. The summed E-state index contributed by atoms with van der Waals surface area (Å²) in [6.45, 7) is 9.28. The van der Waals surface area contributed by atoms with Gasteiger partial charge in [0.1, 0.15) is 6.61 Å². The summed E-state index contributed by atoms with van der Waals surface area (Å²) in [5.74, 6) is -0.0959. The number of fused-ring (bicyclic) bond motifs is 1. The Balaban J connectivity index is 2.21. The molecule has 2 rings (SSSR count). The van der Waals surface area contributed by atoms with Crippen LogP contribution in [0.2, 0.25) is 0 Å². The lowest BCUT2D eigenvalue weighted by atomic mass is 10.1. The van der Waals surface area contributed by atoms with Gasteiger partial charge in [-0.15, -0.1) is 0 Å². The molecule has 0 unspecified atom stereocenters. The maximum atomic E-state index is 13.2. The van der Waals surface area contributed by atoms with E-state index in [1.807, 2.05) is 6.08 Å². The fourth-order valence-corrected chi connectivity index (χ4v) is 3.79. The van der Waals surface area contributed by atoms with Crippen LogP contribution in [0, 0.1) is 0 Å². The van der Waals surface area contributed by atoms with E-state index in [9.17, 15) is 9.90 Å². The van der Waals surface area contributed by atoms with Crippen LogP contribution < -0.4 is 16.0 Å². The fraction of sp³-hybridized carbons (Fsp3) is 0.519. The molecule has 0 atom stereocenters. The van der Waals surface area contributed by atoms with Crippen molar-refractivity contribution in [2.24, 2.45) is 0 Å². The zero-order valence-electron chi connectivity index (χ0n) is 20.2. The largest absolute Gasteiger partial charge is 0.504 e. The molecule has 3 N–H and O–H groups in total. The summed E-state index contributed by atoms with van der Waals surface area (Å²) in [5, 5.41) is 11.4. The number of hydrogen-bond acceptors (Lipinski definition) is 4. The first-order valence-corrected chi connectivity index (χ1v) is 11.9. The monoisotopic (exact) mass is 440 g/mol. The summed E-state index contributed by atoms with van der Waals surface area (Å²) in [6, 6.07) is 5.24. The molecule has 0 bridgehead atoms. The number of pyridine rings is 1. The number of aromatic hydroxyl groups is 1. The van der Waals surface area contributed by atoms with Crippen LogP contribution in [0.15, 0.2) is 46.3 Å². The summed E-state index contributed by atoms with van der Waals surface area (Å²) in [6.07, 6.45) is 12.9. The average molecular weight is 441 g/mol. The van der Waals surface area contributed by atoms with Gasteiger partial charge < -0.3 is 20.1 Å². The van der Waals surface area contributed by atoms with Crippen molar-refractivity contribution in [2.45, 2.75) is 85.6 Å². The number of aromatic nitrogens is 1. The molecule has 32 heavy (non-hydrogen) atoms. The van der Waals surface area contributed by atoms with E-state index in [-0.39, 0.29) is 23.7 Å². The van der Waals surface area contributed by atoms with E-state index in [2.05, 4.69) is 33.8 Å². The van der Waals surface area contributed by atoms with Crippen LogP contribution in [0.4, 0.5) is 5.69 Å². The molecule has 0 saturated carbocycles. The molecular weight excluding hydrogens is 400 g/mol. The molecule has 5 heteroatoms. The van der Waals surface area contributed by atoms with Crippen molar-refractivity contribution in [1.82, 2.24) is 4.57 Å². The van der Waals surface area contributed by atoms with Crippen molar-refractivity contribution >= 4 is 16.6 Å². The van der Waals surface area contributed by atoms with Crippen LogP contribution in [0.25, 0.3) is 10.9 Å². The number of nitrogens with zero attached hydrogens (tertiary/aromatic N) is 1. The van der Waals surface area contributed by atoms with Gasteiger partial charge in [0.15, 0.2) is 5.75 Å². The minimum atomic E-state index is -0.301. The number of nitrogen functional groups attached to an aromatic ring is 1. The quantitative estimate of drug-likeness (QED) is 0.206. The number of benzene rings is 1. The van der Waals surface area contributed by atoms with Gasteiger partial charge in [0.25, 0.3) is 5.56 Å². The summed E-state index contributed by atoms with van der Waals surface area (Å²) < 4.78 is 7.50. The number of aryl methyl sites for hydroxylation is 1. The van der Waals surface area contributed by atoms with E-state index in [4.69, 9.17) is 10.5 Å². The van der Waals surface area contributed by atoms with E-state index in [0.29, 0.717) is 23.1 Å². The van der Waals surface area contributed by atoms with E-state index in [0.717, 1.165) is 25.7 Å². The van der Waals surface area contributed by atoms with Gasteiger partial charge in [-0.2, -0.15) is 0 Å². The van der Waals surface area contributed by atoms with Crippen LogP contribution in [-0.4, -0.2) is 16.3 Å². The fourth-order valence-electron chi connectivity index (χ4n) is 3.79. The Morgan fingerprint density at radius 1 is 1.09 bits per heavy atom. The molecule has 2 aromatic rings. The standard InChI is InChI=1S/C27H40N2O3/c1-5-6-7-8-9-10-17-29-24-19-22(28)14-15-23(24)25(30)26(27(29)31)32-18-16-21(4)13-11-12-20(2)3/h12,14-16,19,30H,5-11,13,17-18,28H2,1-4H3. The molecule has 0 radical (unpaired) electrons. The summed E-state index contributed by atoms with van der Waals surface area (Å²) in [7, 11) is 0. The molecule has 0 fully saturated rings. The molecule has 1 aromatic heterocycles. The molecule has 176 valence electrons. The van der Waals surface area contributed by atoms with Gasteiger partial charge in [-0.25, -0.2) is 0 Å². The number of unbranched alkanes of at least 4 members (excludes halogenated alkanes) is 5. The first kappa shape index (κ1) is 25.6. The normalized spacial score (nSPS) is 11.7. The number of anilines is 1. The minimum absolute atomic E-state index is 0.0154. The molecule has 5 nitrogen and oxygen atoms in total. The van der Waals surface area contributed by atoms with Crippen molar-refractivity contribution < 1.29 is 9.84 Å². The van der Waals surface area contributed by atoms with Crippen molar-refractivity contribution in [3.8, 4) is 11.5 Å². The first-order valence-electron chi connectivity index (χ1n) is 11.9. The van der Waals surface area contributed by atoms with Gasteiger partial charge in [-0.05, 0) is 64.3 Å². The highest BCUT2D eigenvalue weighted by Gasteiger charge is 2.17. The second kappa shape index (κ2) is 13.0. The Morgan fingerprint density at radius 2 is 1.81 bits per heavy atom. The van der Waals surface area contributed by atoms with Gasteiger partial charge in [-0.1, -0.05) is 56.3 Å². The minimum Gasteiger partial charge on any atom is -0.504 e. The predicted molar refractivity (Wildman–Crippen MR) is 136 cm³/mol. The Kier molecular flexibility index (Phi) is 10.4. The zero-order chi connectivity index (χ0) is 23.5. The zero-order valence-corrected chi connectivity index (χ0v) is 20.2. The third kappa shape index (κ3) is 7.47. The Bertz CT molecular complexity index is 998. The van der Waals surface area contributed by atoms with E-state index in [1.54, 1.807) is 22.8 Å². The van der Waals surface area contributed by atoms with Crippen LogP contribution >= 0.6 is 0 Å². The predicted octanol–water partition coefficient (Wildman–Crippen LogP) is 6.72. The van der Waals surface area contributed by atoms with Gasteiger partial charge in [0.05, 0.1) is 5.52 Å². The lowest BCUT2D eigenvalue weighted by Gasteiger charge is -2.16. The molecule has 0 aliphatic rings. The third-order valence-corrected chi connectivity index (χ3v) is 5.71. The van der Waals surface area contributed by atoms with Crippen LogP contribution in [-0.2, 0) is 6.54 Å². The molecule has 0 spiro atoms. The molecule has 1 aromatic carbocycles. The third-order valence-electron chi connectivity index (χ3n) is 5.71. The molecule has 0 saturated heterocycles. The van der Waals surface area contributed by atoms with E-state index >= 15 is 0 Å². The maximum Gasteiger partial charge on any atom is 0.297 e.